The van der Waals surface area contributed by atoms with Crippen LogP contribution in [0.15, 0.2) is 119 Å². The van der Waals surface area contributed by atoms with Gasteiger partial charge < -0.3 is 14.7 Å². The largest absolute Gasteiger partial charge is 0.456 e. The molecule has 3 aromatic carbocycles. The zero-order valence-electron chi connectivity index (χ0n) is 17.4. The first-order valence-electron chi connectivity index (χ1n) is 10.2. The Kier molecular flexibility index (Phi) is 7.69. The Balaban J connectivity index is 0.000000172. The SMILES string of the molecule is [Ir].[c-]1ccccc1-c1ccccn1.[c-]1ccccc1-c1nccc2c1Sc1ccccc1O2. The Morgan fingerprint density at radius 1 is 0.636 bits per heavy atom. The average molecular weight is 623 g/mol. The summed E-state index contributed by atoms with van der Waals surface area (Å²) in [7, 11) is 0. The summed E-state index contributed by atoms with van der Waals surface area (Å²) in [5.41, 5.74) is 3.92. The minimum Gasteiger partial charge on any atom is -0.456 e. The molecule has 3 nitrogen and oxygen atoms in total. The summed E-state index contributed by atoms with van der Waals surface area (Å²) in [4.78, 5) is 10.9. The minimum absolute atomic E-state index is 0. The summed E-state index contributed by atoms with van der Waals surface area (Å²) >= 11 is 1.70. The van der Waals surface area contributed by atoms with Crippen LogP contribution in [0.2, 0.25) is 0 Å². The average Bonchev–Trinajstić information content (AvgIpc) is 2.89. The molecule has 0 fully saturated rings. The second kappa shape index (κ2) is 11.1. The Bertz CT molecular complexity index is 1280. The van der Waals surface area contributed by atoms with Gasteiger partial charge in [-0.1, -0.05) is 36.0 Å². The molecule has 1 aliphatic rings. The van der Waals surface area contributed by atoms with Gasteiger partial charge in [-0.3, -0.25) is 0 Å². The summed E-state index contributed by atoms with van der Waals surface area (Å²) in [5, 5.41) is 0. The third-order valence-corrected chi connectivity index (χ3v) is 5.92. The fraction of sp³-hybridized carbons (Fsp3) is 0. The van der Waals surface area contributed by atoms with E-state index in [2.05, 4.69) is 28.2 Å². The maximum absolute atomic E-state index is 5.96. The monoisotopic (exact) mass is 623 g/mol. The number of rotatable bonds is 2. The van der Waals surface area contributed by atoms with Gasteiger partial charge in [0.05, 0.1) is 4.90 Å². The van der Waals surface area contributed by atoms with Crippen LogP contribution in [0, 0.1) is 12.1 Å². The van der Waals surface area contributed by atoms with Crippen LogP contribution in [0.3, 0.4) is 0 Å². The van der Waals surface area contributed by atoms with E-state index in [1.54, 1.807) is 24.2 Å². The molecule has 5 heteroatoms. The molecular formula is C28H18IrN2OS-2. The molecule has 1 radical (unpaired) electrons. The molecule has 0 atom stereocenters. The maximum atomic E-state index is 5.96. The van der Waals surface area contributed by atoms with Gasteiger partial charge >= 0.3 is 0 Å². The van der Waals surface area contributed by atoms with E-state index in [9.17, 15) is 0 Å². The van der Waals surface area contributed by atoms with Gasteiger partial charge in [-0.05, 0) is 30.0 Å². The van der Waals surface area contributed by atoms with Crippen LogP contribution in [-0.2, 0) is 20.1 Å². The molecule has 0 N–H and O–H groups in total. The van der Waals surface area contributed by atoms with Crippen LogP contribution in [0.25, 0.3) is 22.5 Å². The molecule has 5 aromatic rings. The molecule has 0 saturated heterocycles. The van der Waals surface area contributed by atoms with Crippen molar-refractivity contribution in [2.24, 2.45) is 0 Å². The molecule has 33 heavy (non-hydrogen) atoms. The predicted octanol–water partition coefficient (Wildman–Crippen LogP) is 7.35. The number of ether oxygens (including phenoxy) is 1. The molecule has 163 valence electrons. The number of hydrogen-bond acceptors (Lipinski definition) is 4. The van der Waals surface area contributed by atoms with Crippen LogP contribution < -0.4 is 4.74 Å². The molecule has 0 amide bonds. The van der Waals surface area contributed by atoms with Gasteiger partial charge in [-0.25, -0.2) is 0 Å². The third kappa shape index (κ3) is 5.40. The Morgan fingerprint density at radius 3 is 2.09 bits per heavy atom. The number of hydrogen-bond donors (Lipinski definition) is 0. The number of benzene rings is 3. The summed E-state index contributed by atoms with van der Waals surface area (Å²) in [6, 6.07) is 37.9. The topological polar surface area (TPSA) is 35.0 Å². The predicted molar refractivity (Wildman–Crippen MR) is 128 cm³/mol. The molecule has 0 saturated carbocycles. The number of nitrogens with zero attached hydrogens (tertiary/aromatic N) is 2. The molecule has 0 aliphatic carbocycles. The second-order valence-corrected chi connectivity index (χ2v) is 7.96. The maximum Gasteiger partial charge on any atom is 0.141 e. The molecule has 2 aromatic heterocycles. The Morgan fingerprint density at radius 2 is 1.36 bits per heavy atom. The summed E-state index contributed by atoms with van der Waals surface area (Å²) in [5.74, 6) is 1.76. The van der Waals surface area contributed by atoms with Crippen molar-refractivity contribution in [1.82, 2.24) is 9.97 Å². The third-order valence-electron chi connectivity index (χ3n) is 4.76. The van der Waals surface area contributed by atoms with Crippen LogP contribution in [0.1, 0.15) is 0 Å². The zero-order valence-corrected chi connectivity index (χ0v) is 20.6. The van der Waals surface area contributed by atoms with Crippen LogP contribution in [0.5, 0.6) is 11.5 Å². The van der Waals surface area contributed by atoms with Crippen molar-refractivity contribution in [1.29, 1.82) is 0 Å². The van der Waals surface area contributed by atoms with Crippen LogP contribution >= 0.6 is 11.8 Å². The normalized spacial score (nSPS) is 10.9. The standard InChI is InChI=1S/C17H10NOS.C11H8N.Ir/c1-2-6-12(7-3-1)16-17-14(10-11-18-16)19-13-8-4-5-9-15(13)20-17;1-2-6-10(7-3-1)11-8-4-5-9-12-11;/h1-6,8-11H;1-6,8-9H;/q2*-1;. The molecule has 0 unspecified atom stereocenters. The van der Waals surface area contributed by atoms with Crippen molar-refractivity contribution < 1.29 is 24.8 Å². The van der Waals surface area contributed by atoms with Crippen molar-refractivity contribution >= 4 is 11.8 Å². The molecule has 1 aliphatic heterocycles. The van der Waals surface area contributed by atoms with Crippen LogP contribution in [0.4, 0.5) is 0 Å². The van der Waals surface area contributed by atoms with E-state index in [1.165, 1.54) is 0 Å². The van der Waals surface area contributed by atoms with E-state index in [0.29, 0.717) is 0 Å². The summed E-state index contributed by atoms with van der Waals surface area (Å²) in [6.45, 7) is 0. The van der Waals surface area contributed by atoms with Gasteiger partial charge in [-0.2, -0.15) is 0 Å². The summed E-state index contributed by atoms with van der Waals surface area (Å²) in [6.07, 6.45) is 3.57. The van der Waals surface area contributed by atoms with Crippen molar-refractivity contribution in [3.05, 3.63) is 122 Å². The smallest absolute Gasteiger partial charge is 0.141 e. The van der Waals surface area contributed by atoms with E-state index in [1.807, 2.05) is 91.0 Å². The number of fused-ring (bicyclic) bond motifs is 2. The van der Waals surface area contributed by atoms with Crippen molar-refractivity contribution in [3.8, 4) is 34.0 Å². The molecule has 0 spiro atoms. The second-order valence-electron chi connectivity index (χ2n) is 6.91. The first-order chi connectivity index (χ1) is 15.9. The van der Waals surface area contributed by atoms with Crippen LogP contribution in [-0.4, -0.2) is 9.97 Å². The quantitative estimate of drug-likeness (QED) is 0.189. The molecular weight excluding hydrogens is 605 g/mol. The first kappa shape index (κ1) is 22.9. The Labute approximate surface area is 211 Å². The fourth-order valence-electron chi connectivity index (χ4n) is 3.26. The Hall–Kier alpha value is -3.24. The van der Waals surface area contributed by atoms with Gasteiger partial charge in [0.15, 0.2) is 0 Å². The van der Waals surface area contributed by atoms with Crippen molar-refractivity contribution in [2.45, 2.75) is 9.79 Å². The van der Waals surface area contributed by atoms with E-state index >= 15 is 0 Å². The van der Waals surface area contributed by atoms with E-state index in [4.69, 9.17) is 4.74 Å². The number of pyridine rings is 2. The first-order valence-corrected chi connectivity index (χ1v) is 11.0. The fourth-order valence-corrected chi connectivity index (χ4v) is 4.31. The van der Waals surface area contributed by atoms with E-state index < -0.39 is 0 Å². The van der Waals surface area contributed by atoms with Gasteiger partial charge in [-0.15, -0.1) is 71.8 Å². The zero-order chi connectivity index (χ0) is 21.6. The molecule has 0 bridgehead atoms. The van der Waals surface area contributed by atoms with Gasteiger partial charge in [0.25, 0.3) is 0 Å². The number of para-hydroxylation sites is 1. The summed E-state index contributed by atoms with van der Waals surface area (Å²) < 4.78 is 5.96. The molecule has 6 rings (SSSR count). The molecule has 3 heterocycles. The van der Waals surface area contributed by atoms with Crippen molar-refractivity contribution in [2.75, 3.05) is 0 Å². The van der Waals surface area contributed by atoms with Gasteiger partial charge in [0, 0.05) is 43.1 Å². The van der Waals surface area contributed by atoms with Gasteiger partial charge in [0.1, 0.15) is 11.5 Å². The van der Waals surface area contributed by atoms with E-state index in [-0.39, 0.29) is 20.1 Å². The van der Waals surface area contributed by atoms with Gasteiger partial charge in [0.2, 0.25) is 0 Å². The van der Waals surface area contributed by atoms with E-state index in [0.717, 1.165) is 43.8 Å². The minimum atomic E-state index is 0. The van der Waals surface area contributed by atoms with Crippen molar-refractivity contribution in [3.63, 3.8) is 0 Å². The number of aromatic nitrogens is 2.